The molecule has 0 aromatic rings. The van der Waals surface area contributed by atoms with E-state index in [0.29, 0.717) is 37.2 Å². The van der Waals surface area contributed by atoms with Crippen LogP contribution >= 0.6 is 0 Å². The first kappa shape index (κ1) is 36.5. The quantitative estimate of drug-likeness (QED) is 0.151. The van der Waals surface area contributed by atoms with E-state index < -0.39 is 23.9 Å². The van der Waals surface area contributed by atoms with E-state index in [4.69, 9.17) is 9.47 Å². The molecule has 0 heterocycles. The van der Waals surface area contributed by atoms with E-state index in [-0.39, 0.29) is 48.9 Å². The maximum Gasteiger partial charge on any atom is 2.00 e. The summed E-state index contributed by atoms with van der Waals surface area (Å²) in [5.74, 6) is -3.32. The summed E-state index contributed by atoms with van der Waals surface area (Å²) in [4.78, 5) is 42.2. The third-order valence-corrected chi connectivity index (χ3v) is 4.72. The van der Waals surface area contributed by atoms with E-state index in [0.717, 1.165) is 63.5 Å². The van der Waals surface area contributed by atoms with Gasteiger partial charge in [0.25, 0.3) is 0 Å². The molecule has 33 heavy (non-hydrogen) atoms. The van der Waals surface area contributed by atoms with Gasteiger partial charge in [0.05, 0.1) is 25.2 Å². The molecular weight excluding hydrogens is 554 g/mol. The number of carboxylic acids is 2. The molecule has 0 rings (SSSR count). The fraction of sp³-hybridized carbons (Fsp3) is 0.667. The Morgan fingerprint density at radius 3 is 1.24 bits per heavy atom. The van der Waals surface area contributed by atoms with Crippen molar-refractivity contribution in [3.8, 4) is 0 Å². The average Bonchev–Trinajstić information content (AvgIpc) is 2.76. The third kappa shape index (κ3) is 27.1. The summed E-state index contributed by atoms with van der Waals surface area (Å²) >= 11 is 0. The minimum absolute atomic E-state index is 0. The van der Waals surface area contributed by atoms with Gasteiger partial charge in [-0.2, -0.15) is 0 Å². The monoisotopic (exact) mass is 592 g/mol. The van der Waals surface area contributed by atoms with Gasteiger partial charge >= 0.3 is 60.8 Å². The first-order valence-corrected chi connectivity index (χ1v) is 11.3. The summed E-state index contributed by atoms with van der Waals surface area (Å²) in [6.07, 6.45) is 11.6. The Morgan fingerprint density at radius 2 is 1.00 bits per heavy atom. The van der Waals surface area contributed by atoms with Crippen molar-refractivity contribution in [1.82, 2.24) is 0 Å². The first-order valence-electron chi connectivity index (χ1n) is 11.3. The van der Waals surface area contributed by atoms with E-state index >= 15 is 0 Å². The van der Waals surface area contributed by atoms with Gasteiger partial charge in [-0.3, -0.25) is 0 Å². The van der Waals surface area contributed by atoms with Gasteiger partial charge in [0.1, 0.15) is 0 Å². The summed E-state index contributed by atoms with van der Waals surface area (Å²) in [6, 6.07) is 0. The number of carbonyl (C=O) groups is 4. The Balaban J connectivity index is -0.000000529. The molecule has 184 valence electrons. The normalized spacial score (nSPS) is 12.2. The molecule has 0 saturated heterocycles. The Bertz CT molecular complexity index is 549. The number of hydrogen-bond donors (Lipinski definition) is 0. The molecule has 0 spiro atoms. The summed E-state index contributed by atoms with van der Waals surface area (Å²) in [5.41, 5.74) is 0. The molecule has 2 unspecified atom stereocenters. The molecule has 0 radical (unpaired) electrons. The predicted octanol–water partition coefficient (Wildman–Crippen LogP) is 1.72. The molecule has 0 N–H and O–H groups in total. The van der Waals surface area contributed by atoms with Gasteiger partial charge in [0.15, 0.2) is 0 Å². The fourth-order valence-electron chi connectivity index (χ4n) is 2.56. The summed E-state index contributed by atoms with van der Waals surface area (Å²) < 4.78 is 9.85. The van der Waals surface area contributed by atoms with E-state index in [9.17, 15) is 29.4 Å². The van der Waals surface area contributed by atoms with E-state index in [2.05, 4.69) is 13.8 Å². The smallest absolute Gasteiger partial charge is 0.545 e. The van der Waals surface area contributed by atoms with Crippen LogP contribution in [0.1, 0.15) is 79.1 Å². The molecule has 0 bridgehead atoms. The third-order valence-electron chi connectivity index (χ3n) is 4.72. The van der Waals surface area contributed by atoms with Crippen LogP contribution in [0.4, 0.5) is 0 Å². The van der Waals surface area contributed by atoms with Crippen molar-refractivity contribution in [1.29, 1.82) is 0 Å². The van der Waals surface area contributed by atoms with Gasteiger partial charge in [-0.1, -0.05) is 66.2 Å². The van der Waals surface area contributed by atoms with E-state index in [1.54, 1.807) is 0 Å². The molecule has 0 fully saturated rings. The number of esters is 2. The second kappa shape index (κ2) is 25.6. The van der Waals surface area contributed by atoms with Crippen LogP contribution in [-0.4, -0.2) is 86.0 Å². The van der Waals surface area contributed by atoms with Gasteiger partial charge < -0.3 is 29.3 Å². The van der Waals surface area contributed by atoms with Crippen LogP contribution in [-0.2, 0) is 28.7 Å². The molecule has 0 saturated carbocycles. The SMILES string of the molecule is CCCCC(CC)COC(=O)/C=C\C(=O)[O-].CCCCC(CC)COC(=O)/C=C\C(=O)[O-].[Ba+2]. The van der Waals surface area contributed by atoms with Gasteiger partial charge in [-0.25, -0.2) is 9.59 Å². The number of rotatable bonds is 16. The standard InChI is InChI=1S/2C12H20O4.Ba/c2*1-3-5-6-10(4-2)9-16-12(15)8-7-11(13)14;/h2*7-8,10H,3-6,9H2,1-2H3,(H,13,14);/q;;+2/p-2/b2*8-7-;. The number of carbonyl (C=O) groups excluding carboxylic acids is 4. The van der Waals surface area contributed by atoms with Crippen LogP contribution in [0.25, 0.3) is 0 Å². The van der Waals surface area contributed by atoms with Crippen LogP contribution in [0.15, 0.2) is 24.3 Å². The molecule has 0 amide bonds. The fourth-order valence-corrected chi connectivity index (χ4v) is 2.56. The second-order valence-corrected chi connectivity index (χ2v) is 7.40. The maximum atomic E-state index is 11.0. The van der Waals surface area contributed by atoms with Crippen molar-refractivity contribution in [2.75, 3.05) is 13.2 Å². The predicted molar refractivity (Wildman–Crippen MR) is 123 cm³/mol. The minimum Gasteiger partial charge on any atom is -0.545 e. The number of ether oxygens (including phenoxy) is 2. The Labute approximate surface area is 238 Å². The number of unbranched alkanes of at least 4 members (excludes halogenated alkanes) is 2. The van der Waals surface area contributed by atoms with Crippen molar-refractivity contribution < 1.29 is 38.9 Å². The molecule has 0 aliphatic rings. The number of aliphatic carboxylic acids is 2. The zero-order valence-electron chi connectivity index (χ0n) is 20.5. The molecule has 0 aliphatic heterocycles. The molecule has 0 aromatic carbocycles. The van der Waals surface area contributed by atoms with Crippen molar-refractivity contribution >= 4 is 72.8 Å². The van der Waals surface area contributed by atoms with Crippen molar-refractivity contribution in [3.63, 3.8) is 0 Å². The minimum atomic E-state index is -1.39. The molecule has 9 heteroatoms. The molecule has 8 nitrogen and oxygen atoms in total. The summed E-state index contributed by atoms with van der Waals surface area (Å²) in [5, 5.41) is 20.1. The van der Waals surface area contributed by atoms with Crippen LogP contribution < -0.4 is 10.2 Å². The molecular formula is C24H38BaO8. The second-order valence-electron chi connectivity index (χ2n) is 7.40. The van der Waals surface area contributed by atoms with Crippen molar-refractivity contribution in [2.24, 2.45) is 11.8 Å². The first-order chi connectivity index (χ1) is 15.2. The zero-order chi connectivity index (χ0) is 24.8. The molecule has 0 aliphatic carbocycles. The Morgan fingerprint density at radius 1 is 0.667 bits per heavy atom. The van der Waals surface area contributed by atoms with Crippen LogP contribution in [0, 0.1) is 11.8 Å². The topological polar surface area (TPSA) is 133 Å². The number of carboxylic acid groups (broad SMARTS) is 2. The zero-order valence-corrected chi connectivity index (χ0v) is 24.9. The summed E-state index contributed by atoms with van der Waals surface area (Å²) in [6.45, 7) is 9.03. The van der Waals surface area contributed by atoms with Crippen molar-refractivity contribution in [2.45, 2.75) is 79.1 Å². The molecule has 2 atom stereocenters. The average molecular weight is 592 g/mol. The Kier molecular flexibility index (Phi) is 28.3. The van der Waals surface area contributed by atoms with Gasteiger partial charge in [-0.05, 0) is 36.8 Å². The number of hydrogen-bond acceptors (Lipinski definition) is 8. The van der Waals surface area contributed by atoms with Gasteiger partial charge in [-0.15, -0.1) is 0 Å². The van der Waals surface area contributed by atoms with Crippen LogP contribution in [0.5, 0.6) is 0 Å². The van der Waals surface area contributed by atoms with Gasteiger partial charge in [0, 0.05) is 12.2 Å². The van der Waals surface area contributed by atoms with Gasteiger partial charge in [0.2, 0.25) is 0 Å². The largest absolute Gasteiger partial charge is 2.00 e. The van der Waals surface area contributed by atoms with Crippen LogP contribution in [0.3, 0.4) is 0 Å². The van der Waals surface area contributed by atoms with Crippen molar-refractivity contribution in [3.05, 3.63) is 24.3 Å². The summed E-state index contributed by atoms with van der Waals surface area (Å²) in [7, 11) is 0. The van der Waals surface area contributed by atoms with Crippen LogP contribution in [0.2, 0.25) is 0 Å². The maximum absolute atomic E-state index is 11.0. The Hall–Kier alpha value is -1.07. The van der Waals surface area contributed by atoms with E-state index in [1.807, 2.05) is 13.8 Å². The molecule has 0 aromatic heterocycles. The van der Waals surface area contributed by atoms with E-state index in [1.165, 1.54) is 0 Å².